The van der Waals surface area contributed by atoms with Crippen molar-refractivity contribution in [1.82, 2.24) is 4.57 Å². The summed E-state index contributed by atoms with van der Waals surface area (Å²) in [4.78, 5) is 11.6. The van der Waals surface area contributed by atoms with E-state index >= 15 is 0 Å². The summed E-state index contributed by atoms with van der Waals surface area (Å²) in [5.74, 6) is 0.358. The Morgan fingerprint density at radius 2 is 2.25 bits per heavy atom. The molecular formula is C11H17N3O2. The monoisotopic (exact) mass is 223 g/mol. The Morgan fingerprint density at radius 1 is 1.56 bits per heavy atom. The first-order valence-corrected chi connectivity index (χ1v) is 5.11. The van der Waals surface area contributed by atoms with E-state index in [0.717, 1.165) is 6.42 Å². The quantitative estimate of drug-likeness (QED) is 0.573. The highest BCUT2D eigenvalue weighted by atomic mass is 16.5. The van der Waals surface area contributed by atoms with Gasteiger partial charge in [0.2, 0.25) is 0 Å². The predicted octanol–water partition coefficient (Wildman–Crippen LogP) is 0.855. The van der Waals surface area contributed by atoms with Crippen LogP contribution < -0.4 is 11.3 Å². The predicted molar refractivity (Wildman–Crippen MR) is 64.1 cm³/mol. The Morgan fingerprint density at radius 3 is 2.81 bits per heavy atom. The van der Waals surface area contributed by atoms with Crippen LogP contribution in [0.15, 0.2) is 16.9 Å². The van der Waals surface area contributed by atoms with Crippen LogP contribution in [-0.4, -0.2) is 24.0 Å². The maximum absolute atomic E-state index is 11.6. The number of pyridine rings is 1. The van der Waals surface area contributed by atoms with Crippen LogP contribution in [0.5, 0.6) is 0 Å². The molecule has 0 bridgehead atoms. The van der Waals surface area contributed by atoms with Gasteiger partial charge in [-0.1, -0.05) is 0 Å². The number of hydrogen-bond donors (Lipinski definition) is 2. The Kier molecular flexibility index (Phi) is 4.25. The molecule has 0 unspecified atom stereocenters. The molecule has 5 heteroatoms. The summed E-state index contributed by atoms with van der Waals surface area (Å²) in [6.45, 7) is 2.75. The average molecular weight is 223 g/mol. The van der Waals surface area contributed by atoms with Crippen molar-refractivity contribution in [2.45, 2.75) is 19.9 Å². The van der Waals surface area contributed by atoms with Crippen molar-refractivity contribution >= 4 is 11.5 Å². The SMILES string of the molecule is COCCCn1c(N)c(C(C)=N)ccc1=O. The fourth-order valence-corrected chi connectivity index (χ4v) is 1.51. The van der Waals surface area contributed by atoms with Crippen LogP contribution in [0.25, 0.3) is 0 Å². The maximum Gasteiger partial charge on any atom is 0.252 e. The summed E-state index contributed by atoms with van der Waals surface area (Å²) in [7, 11) is 1.62. The number of nitrogens with zero attached hydrogens (tertiary/aromatic N) is 1. The molecule has 0 aliphatic heterocycles. The standard InChI is InChI=1S/C11H17N3O2/c1-8(12)9-4-5-10(15)14(11(9)13)6-3-7-16-2/h4-5,12H,3,6-7,13H2,1-2H3. The smallest absolute Gasteiger partial charge is 0.252 e. The van der Waals surface area contributed by atoms with Gasteiger partial charge in [0.15, 0.2) is 0 Å². The zero-order valence-electron chi connectivity index (χ0n) is 9.62. The summed E-state index contributed by atoms with van der Waals surface area (Å²) >= 11 is 0. The topological polar surface area (TPSA) is 81.1 Å². The molecule has 0 fully saturated rings. The third-order valence-corrected chi connectivity index (χ3v) is 2.36. The van der Waals surface area contributed by atoms with Crippen molar-refractivity contribution < 1.29 is 4.74 Å². The molecular weight excluding hydrogens is 206 g/mol. The number of nitrogens with two attached hydrogens (primary N) is 1. The third-order valence-electron chi connectivity index (χ3n) is 2.36. The molecule has 3 N–H and O–H groups in total. The molecule has 1 aromatic heterocycles. The van der Waals surface area contributed by atoms with Crippen LogP contribution in [0.3, 0.4) is 0 Å². The molecule has 5 nitrogen and oxygen atoms in total. The van der Waals surface area contributed by atoms with Gasteiger partial charge < -0.3 is 15.9 Å². The van der Waals surface area contributed by atoms with Crippen LogP contribution in [0.1, 0.15) is 18.9 Å². The van der Waals surface area contributed by atoms with Gasteiger partial charge >= 0.3 is 0 Å². The van der Waals surface area contributed by atoms with Crippen LogP contribution >= 0.6 is 0 Å². The largest absolute Gasteiger partial charge is 0.385 e. The lowest BCUT2D eigenvalue weighted by Crippen LogP contribution is -2.24. The zero-order valence-corrected chi connectivity index (χ0v) is 9.62. The zero-order chi connectivity index (χ0) is 12.1. The Balaban J connectivity index is 3.02. The van der Waals surface area contributed by atoms with E-state index in [1.54, 1.807) is 20.1 Å². The molecule has 0 aliphatic rings. The molecule has 0 saturated carbocycles. The molecule has 1 heterocycles. The molecule has 0 radical (unpaired) electrons. The minimum atomic E-state index is -0.140. The molecule has 1 rings (SSSR count). The van der Waals surface area contributed by atoms with Gasteiger partial charge in [-0.05, 0) is 19.4 Å². The van der Waals surface area contributed by atoms with Gasteiger partial charge in [-0.15, -0.1) is 0 Å². The summed E-state index contributed by atoms with van der Waals surface area (Å²) < 4.78 is 6.40. The van der Waals surface area contributed by atoms with Gasteiger partial charge in [-0.25, -0.2) is 0 Å². The summed E-state index contributed by atoms with van der Waals surface area (Å²) in [6.07, 6.45) is 0.723. The van der Waals surface area contributed by atoms with Crippen molar-refractivity contribution in [2.75, 3.05) is 19.5 Å². The minimum Gasteiger partial charge on any atom is -0.385 e. The summed E-state index contributed by atoms with van der Waals surface area (Å²) in [5, 5.41) is 7.54. The fourth-order valence-electron chi connectivity index (χ4n) is 1.51. The first-order chi connectivity index (χ1) is 7.57. The normalized spacial score (nSPS) is 10.4. The van der Waals surface area contributed by atoms with Crippen molar-refractivity contribution in [1.29, 1.82) is 5.41 Å². The Labute approximate surface area is 94.4 Å². The van der Waals surface area contributed by atoms with Gasteiger partial charge in [0.05, 0.1) is 0 Å². The molecule has 0 amide bonds. The van der Waals surface area contributed by atoms with Crippen molar-refractivity contribution in [2.24, 2.45) is 0 Å². The van der Waals surface area contributed by atoms with Crippen LogP contribution in [0.4, 0.5) is 5.82 Å². The number of rotatable bonds is 5. The van der Waals surface area contributed by atoms with Gasteiger partial charge in [0, 0.05) is 37.6 Å². The highest BCUT2D eigenvalue weighted by Crippen LogP contribution is 2.09. The van der Waals surface area contributed by atoms with Gasteiger partial charge in [-0.3, -0.25) is 9.36 Å². The van der Waals surface area contributed by atoms with Crippen molar-refractivity contribution in [3.8, 4) is 0 Å². The van der Waals surface area contributed by atoms with E-state index in [2.05, 4.69) is 0 Å². The molecule has 88 valence electrons. The minimum absolute atomic E-state index is 0.140. The number of ether oxygens (including phenoxy) is 1. The third kappa shape index (κ3) is 2.70. The van der Waals surface area contributed by atoms with Gasteiger partial charge in [-0.2, -0.15) is 0 Å². The van der Waals surface area contributed by atoms with Crippen LogP contribution in [-0.2, 0) is 11.3 Å². The van der Waals surface area contributed by atoms with Crippen LogP contribution in [0, 0.1) is 5.41 Å². The van der Waals surface area contributed by atoms with E-state index in [4.69, 9.17) is 15.9 Å². The van der Waals surface area contributed by atoms with E-state index < -0.39 is 0 Å². The highest BCUT2D eigenvalue weighted by molar-refractivity contribution is 6.00. The first-order valence-electron chi connectivity index (χ1n) is 5.11. The lowest BCUT2D eigenvalue weighted by Gasteiger charge is -2.12. The molecule has 0 atom stereocenters. The second-order valence-corrected chi connectivity index (χ2v) is 3.59. The molecule has 1 aromatic rings. The number of methoxy groups -OCH3 is 1. The van der Waals surface area contributed by atoms with E-state index in [0.29, 0.717) is 30.2 Å². The molecule has 0 spiro atoms. The molecule has 0 saturated heterocycles. The fraction of sp³-hybridized carbons (Fsp3) is 0.455. The summed E-state index contributed by atoms with van der Waals surface area (Å²) in [6, 6.07) is 3.03. The van der Waals surface area contributed by atoms with Gasteiger partial charge in [0.1, 0.15) is 5.82 Å². The van der Waals surface area contributed by atoms with E-state index in [1.165, 1.54) is 10.6 Å². The number of hydrogen-bond acceptors (Lipinski definition) is 4. The van der Waals surface area contributed by atoms with Crippen molar-refractivity contribution in [3.05, 3.63) is 28.0 Å². The van der Waals surface area contributed by atoms with Gasteiger partial charge in [0.25, 0.3) is 5.56 Å². The number of aromatic nitrogens is 1. The molecule has 16 heavy (non-hydrogen) atoms. The Hall–Kier alpha value is -1.62. The molecule has 0 aromatic carbocycles. The molecule has 0 aliphatic carbocycles. The maximum atomic E-state index is 11.6. The average Bonchev–Trinajstić information content (AvgIpc) is 2.22. The second kappa shape index (κ2) is 5.46. The highest BCUT2D eigenvalue weighted by Gasteiger charge is 2.07. The summed E-state index contributed by atoms with van der Waals surface area (Å²) in [5.41, 5.74) is 6.68. The van der Waals surface area contributed by atoms with E-state index in [-0.39, 0.29) is 5.56 Å². The lowest BCUT2D eigenvalue weighted by atomic mass is 10.1. The lowest BCUT2D eigenvalue weighted by molar-refractivity contribution is 0.190. The number of nitrogens with one attached hydrogen (secondary N) is 1. The van der Waals surface area contributed by atoms with Crippen LogP contribution in [0.2, 0.25) is 0 Å². The Bertz CT molecular complexity index is 437. The number of anilines is 1. The second-order valence-electron chi connectivity index (χ2n) is 3.59. The number of nitrogen functional groups attached to an aromatic ring is 1. The van der Waals surface area contributed by atoms with Crippen molar-refractivity contribution in [3.63, 3.8) is 0 Å². The van der Waals surface area contributed by atoms with E-state index in [9.17, 15) is 4.79 Å². The van der Waals surface area contributed by atoms with E-state index in [1.807, 2.05) is 0 Å². The first kappa shape index (κ1) is 12.4.